The van der Waals surface area contributed by atoms with Gasteiger partial charge in [-0.05, 0) is 4.92 Å². The Kier molecular flexibility index (Phi) is 1.90. The molecule has 0 fully saturated rings. The van der Waals surface area contributed by atoms with Crippen LogP contribution < -0.4 is 0 Å². The van der Waals surface area contributed by atoms with Crippen molar-refractivity contribution in [3.8, 4) is 0 Å². The molecule has 0 unspecified atom stereocenters. The molecule has 1 rings (SSSR count). The van der Waals surface area contributed by atoms with Crippen LogP contribution in [0.25, 0.3) is 0 Å². The lowest BCUT2D eigenvalue weighted by atomic mass is 10.7. The molecule has 58 valence electrons. The molecule has 0 spiro atoms. The van der Waals surface area contributed by atoms with Crippen LogP contribution in [0.1, 0.15) is 0 Å². The minimum atomic E-state index is -0.702. The van der Waals surface area contributed by atoms with Gasteiger partial charge in [0.15, 0.2) is 0 Å². The van der Waals surface area contributed by atoms with E-state index in [4.69, 9.17) is 0 Å². The molecule has 0 saturated carbocycles. The van der Waals surface area contributed by atoms with Gasteiger partial charge < -0.3 is 10.1 Å². The predicted molar refractivity (Wildman–Crippen MR) is 34.7 cm³/mol. The van der Waals surface area contributed by atoms with Crippen LogP contribution >= 0.6 is 0 Å². The molecule has 0 aliphatic rings. The maximum absolute atomic E-state index is 10.0. The zero-order chi connectivity index (χ0) is 8.27. The molecule has 0 N–H and O–H groups in total. The molecule has 0 aliphatic carbocycles. The number of nitrogens with zero attached hydrogens (tertiary/aromatic N) is 5. The van der Waals surface area contributed by atoms with Crippen molar-refractivity contribution < 1.29 is 4.92 Å². The van der Waals surface area contributed by atoms with Gasteiger partial charge in [0.05, 0.1) is 16.7 Å². The molecule has 1 aromatic rings. The Hall–Kier alpha value is -1.79. The van der Waals surface area contributed by atoms with Crippen molar-refractivity contribution in [3.63, 3.8) is 0 Å². The van der Waals surface area contributed by atoms with Gasteiger partial charge >= 0.3 is 5.95 Å². The molecule has 0 radical (unpaired) electrons. The van der Waals surface area contributed by atoms with Crippen LogP contribution in [0, 0.1) is 10.1 Å². The van der Waals surface area contributed by atoms with Gasteiger partial charge in [0.1, 0.15) is 0 Å². The monoisotopic (exact) mass is 155 g/mol. The maximum atomic E-state index is 10.0. The Labute approximate surface area is 61.5 Å². The first-order valence-electron chi connectivity index (χ1n) is 2.77. The molecule has 0 aliphatic heterocycles. The third-order valence-electron chi connectivity index (χ3n) is 0.898. The van der Waals surface area contributed by atoms with Crippen LogP contribution in [0.15, 0.2) is 12.7 Å². The third-order valence-corrected chi connectivity index (χ3v) is 0.898. The molecule has 0 bridgehead atoms. The quantitative estimate of drug-likeness (QED) is 0.341. The number of hydrogen-bond donors (Lipinski definition) is 0. The van der Waals surface area contributed by atoms with E-state index in [1.165, 1.54) is 6.08 Å². The Morgan fingerprint density at radius 1 is 1.82 bits per heavy atom. The molecule has 0 amide bonds. The Morgan fingerprint density at radius 3 is 3.00 bits per heavy atom. The van der Waals surface area contributed by atoms with E-state index in [0.29, 0.717) is 6.54 Å². The summed E-state index contributed by atoms with van der Waals surface area (Å²) in [6.45, 7) is 3.73. The fourth-order valence-corrected chi connectivity index (χ4v) is 0.501. The predicted octanol–water partition coefficient (Wildman–Crippen LogP) is -0.233. The summed E-state index contributed by atoms with van der Waals surface area (Å²) in [5, 5.41) is 20.0. The number of aromatic nitrogens is 4. The molecule has 0 aromatic carbocycles. The number of hydrogen-bond acceptors (Lipinski definition) is 5. The third kappa shape index (κ3) is 1.57. The van der Waals surface area contributed by atoms with Crippen LogP contribution in [-0.4, -0.2) is 25.1 Å². The summed E-state index contributed by atoms with van der Waals surface area (Å²) in [5.74, 6) is -0.494. The fourth-order valence-electron chi connectivity index (χ4n) is 0.501. The second kappa shape index (κ2) is 2.86. The molecule has 1 heterocycles. The van der Waals surface area contributed by atoms with Gasteiger partial charge in [0.2, 0.25) is 0 Å². The van der Waals surface area contributed by atoms with Gasteiger partial charge in [-0.3, -0.25) is 0 Å². The summed E-state index contributed by atoms with van der Waals surface area (Å²) in [7, 11) is 0. The molecule has 7 heteroatoms. The zero-order valence-corrected chi connectivity index (χ0v) is 5.54. The molecular formula is C4H5N5O2. The Balaban J connectivity index is 2.81. The van der Waals surface area contributed by atoms with Gasteiger partial charge in [-0.1, -0.05) is 10.9 Å². The molecular weight excluding hydrogens is 150 g/mol. The lowest BCUT2D eigenvalue weighted by Gasteiger charge is -1.82. The van der Waals surface area contributed by atoms with E-state index >= 15 is 0 Å². The largest absolute Gasteiger partial charge is 0.514 e. The van der Waals surface area contributed by atoms with Gasteiger partial charge in [0, 0.05) is 5.21 Å². The highest BCUT2D eigenvalue weighted by molar-refractivity contribution is 4.92. The standard InChI is InChI=1S/C4H5N5O2/c1-2-3-8-6-4(5-7-8)9(10)11/h2H,1,3H2. The Morgan fingerprint density at radius 2 is 2.55 bits per heavy atom. The highest BCUT2D eigenvalue weighted by Crippen LogP contribution is 1.95. The van der Waals surface area contributed by atoms with Crippen LogP contribution in [-0.2, 0) is 6.54 Å². The average molecular weight is 155 g/mol. The highest BCUT2D eigenvalue weighted by Gasteiger charge is 2.13. The molecule has 0 saturated heterocycles. The van der Waals surface area contributed by atoms with Crippen molar-refractivity contribution in [3.05, 3.63) is 22.8 Å². The first kappa shape index (κ1) is 7.32. The van der Waals surface area contributed by atoms with E-state index < -0.39 is 10.9 Å². The van der Waals surface area contributed by atoms with Crippen LogP contribution in [0.5, 0.6) is 0 Å². The van der Waals surface area contributed by atoms with Crippen molar-refractivity contribution in [1.82, 2.24) is 20.2 Å². The van der Waals surface area contributed by atoms with E-state index in [1.807, 2.05) is 0 Å². The van der Waals surface area contributed by atoms with Crippen molar-refractivity contribution in [2.45, 2.75) is 6.54 Å². The minimum absolute atomic E-state index is 0.320. The first-order valence-corrected chi connectivity index (χ1v) is 2.77. The fraction of sp³-hybridized carbons (Fsp3) is 0.250. The van der Waals surface area contributed by atoms with Gasteiger partial charge in [-0.15, -0.1) is 6.58 Å². The van der Waals surface area contributed by atoms with Gasteiger partial charge in [-0.25, -0.2) is 0 Å². The smallest absolute Gasteiger partial charge is 0.390 e. The van der Waals surface area contributed by atoms with E-state index in [9.17, 15) is 10.1 Å². The summed E-state index contributed by atoms with van der Waals surface area (Å²) in [6.07, 6.45) is 1.52. The normalized spacial score (nSPS) is 9.45. The highest BCUT2D eigenvalue weighted by atomic mass is 16.6. The van der Waals surface area contributed by atoms with Crippen LogP contribution in [0.3, 0.4) is 0 Å². The second-order valence-electron chi connectivity index (χ2n) is 1.69. The van der Waals surface area contributed by atoms with E-state index in [1.54, 1.807) is 0 Å². The van der Waals surface area contributed by atoms with Crippen molar-refractivity contribution in [2.24, 2.45) is 0 Å². The van der Waals surface area contributed by atoms with Crippen molar-refractivity contribution in [1.29, 1.82) is 0 Å². The zero-order valence-electron chi connectivity index (χ0n) is 5.54. The molecule has 11 heavy (non-hydrogen) atoms. The summed E-state index contributed by atoms with van der Waals surface area (Å²) in [6, 6.07) is 0. The first-order chi connectivity index (χ1) is 5.24. The van der Waals surface area contributed by atoms with Gasteiger partial charge in [0.25, 0.3) is 0 Å². The maximum Gasteiger partial charge on any atom is 0.514 e. The number of rotatable bonds is 3. The number of nitro groups is 1. The number of tetrazole rings is 1. The van der Waals surface area contributed by atoms with E-state index in [2.05, 4.69) is 22.0 Å². The van der Waals surface area contributed by atoms with Crippen LogP contribution in [0.2, 0.25) is 0 Å². The summed E-state index contributed by atoms with van der Waals surface area (Å²) in [4.78, 5) is 10.4. The summed E-state index contributed by atoms with van der Waals surface area (Å²) < 4.78 is 0. The van der Waals surface area contributed by atoms with E-state index in [-0.39, 0.29) is 0 Å². The SMILES string of the molecule is C=CCn1nnc([N+](=O)[O-])n1. The minimum Gasteiger partial charge on any atom is -0.390 e. The topological polar surface area (TPSA) is 86.7 Å². The van der Waals surface area contributed by atoms with Crippen molar-refractivity contribution >= 4 is 5.95 Å². The average Bonchev–Trinajstić information content (AvgIpc) is 2.37. The Bertz CT molecular complexity index is 280. The summed E-state index contributed by atoms with van der Waals surface area (Å²) >= 11 is 0. The molecule has 7 nitrogen and oxygen atoms in total. The number of allylic oxidation sites excluding steroid dienone is 1. The summed E-state index contributed by atoms with van der Waals surface area (Å²) in [5.41, 5.74) is 0. The van der Waals surface area contributed by atoms with Crippen molar-refractivity contribution in [2.75, 3.05) is 0 Å². The van der Waals surface area contributed by atoms with Gasteiger partial charge in [-0.2, -0.15) is 0 Å². The molecule has 0 atom stereocenters. The van der Waals surface area contributed by atoms with E-state index in [0.717, 1.165) is 4.80 Å². The molecule has 1 aromatic heterocycles. The lowest BCUT2D eigenvalue weighted by Crippen LogP contribution is -1.99. The lowest BCUT2D eigenvalue weighted by molar-refractivity contribution is -0.394. The second-order valence-corrected chi connectivity index (χ2v) is 1.69. The van der Waals surface area contributed by atoms with Crippen LogP contribution in [0.4, 0.5) is 5.95 Å².